The Kier molecular flexibility index (Phi) is 5.71. The van der Waals surface area contributed by atoms with E-state index in [1.165, 1.54) is 36.4 Å². The van der Waals surface area contributed by atoms with Gasteiger partial charge in [-0.3, -0.25) is 10.1 Å². The van der Waals surface area contributed by atoms with Gasteiger partial charge in [0.25, 0.3) is 5.69 Å². The molecule has 2 rings (SSSR count). The SMILES string of the molecule is N#C/C(=C\c1ccc(OCC(=O)O)c(Cl)c1)c1ccc([N+](=O)[O-])cc1. The summed E-state index contributed by atoms with van der Waals surface area (Å²) in [4.78, 5) is 20.7. The number of nitro benzene ring substituents is 1. The summed E-state index contributed by atoms with van der Waals surface area (Å²) in [6, 6.07) is 12.3. The van der Waals surface area contributed by atoms with Crippen LogP contribution in [0.3, 0.4) is 0 Å². The zero-order valence-electron chi connectivity index (χ0n) is 12.7. The maximum Gasteiger partial charge on any atom is 0.341 e. The van der Waals surface area contributed by atoms with Crippen molar-refractivity contribution in [3.8, 4) is 11.8 Å². The van der Waals surface area contributed by atoms with E-state index < -0.39 is 17.5 Å². The lowest BCUT2D eigenvalue weighted by molar-refractivity contribution is -0.384. The Bertz CT molecular complexity index is 885. The molecule has 0 unspecified atom stereocenters. The van der Waals surface area contributed by atoms with E-state index in [4.69, 9.17) is 21.4 Å². The zero-order valence-corrected chi connectivity index (χ0v) is 13.4. The van der Waals surface area contributed by atoms with E-state index >= 15 is 0 Å². The van der Waals surface area contributed by atoms with Crippen LogP contribution in [-0.4, -0.2) is 22.6 Å². The fourth-order valence-electron chi connectivity index (χ4n) is 1.97. The molecule has 25 heavy (non-hydrogen) atoms. The van der Waals surface area contributed by atoms with Gasteiger partial charge in [-0.15, -0.1) is 0 Å². The van der Waals surface area contributed by atoms with Crippen molar-refractivity contribution in [3.05, 3.63) is 68.7 Å². The minimum Gasteiger partial charge on any atom is -0.480 e. The highest BCUT2D eigenvalue weighted by molar-refractivity contribution is 6.32. The number of hydrogen-bond acceptors (Lipinski definition) is 5. The smallest absolute Gasteiger partial charge is 0.341 e. The molecular weight excluding hydrogens is 348 g/mol. The van der Waals surface area contributed by atoms with Crippen LogP contribution in [0.15, 0.2) is 42.5 Å². The van der Waals surface area contributed by atoms with Gasteiger partial charge in [-0.1, -0.05) is 17.7 Å². The average molecular weight is 359 g/mol. The van der Waals surface area contributed by atoms with Crippen LogP contribution in [-0.2, 0) is 4.79 Å². The first kappa shape index (κ1) is 18.0. The number of rotatable bonds is 6. The summed E-state index contributed by atoms with van der Waals surface area (Å²) in [5, 5.41) is 28.8. The molecule has 0 radical (unpaired) electrons. The summed E-state index contributed by atoms with van der Waals surface area (Å²) >= 11 is 6.04. The molecule has 0 aliphatic carbocycles. The third-order valence-corrected chi connectivity index (χ3v) is 3.42. The van der Waals surface area contributed by atoms with Crippen molar-refractivity contribution in [2.75, 3.05) is 6.61 Å². The van der Waals surface area contributed by atoms with Gasteiger partial charge in [0.05, 0.1) is 21.6 Å². The van der Waals surface area contributed by atoms with E-state index in [0.717, 1.165) is 0 Å². The molecule has 0 saturated heterocycles. The topological polar surface area (TPSA) is 113 Å². The monoisotopic (exact) mass is 358 g/mol. The van der Waals surface area contributed by atoms with Gasteiger partial charge in [0, 0.05) is 12.1 Å². The molecule has 7 nitrogen and oxygen atoms in total. The molecule has 0 bridgehead atoms. The van der Waals surface area contributed by atoms with E-state index in [1.54, 1.807) is 12.1 Å². The Balaban J connectivity index is 2.27. The van der Waals surface area contributed by atoms with Crippen LogP contribution in [0.4, 0.5) is 5.69 Å². The van der Waals surface area contributed by atoms with Crippen LogP contribution in [0.1, 0.15) is 11.1 Å². The summed E-state index contributed by atoms with van der Waals surface area (Å²) in [6.07, 6.45) is 1.56. The molecular formula is C17H11ClN2O5. The lowest BCUT2D eigenvalue weighted by Crippen LogP contribution is -2.09. The Morgan fingerprint density at radius 2 is 2.00 bits per heavy atom. The predicted octanol–water partition coefficient (Wildman–Crippen LogP) is 3.78. The van der Waals surface area contributed by atoms with Gasteiger partial charge >= 0.3 is 5.97 Å². The second-order valence-electron chi connectivity index (χ2n) is 4.85. The normalized spacial score (nSPS) is 10.8. The van der Waals surface area contributed by atoms with Gasteiger partial charge in [-0.05, 0) is 41.5 Å². The zero-order chi connectivity index (χ0) is 18.4. The van der Waals surface area contributed by atoms with Crippen molar-refractivity contribution in [2.24, 2.45) is 0 Å². The first-order valence-corrected chi connectivity index (χ1v) is 7.29. The number of hydrogen-bond donors (Lipinski definition) is 1. The number of nitro groups is 1. The molecule has 1 N–H and O–H groups in total. The Labute approximate surface area is 147 Å². The predicted molar refractivity (Wildman–Crippen MR) is 91.2 cm³/mol. The third-order valence-electron chi connectivity index (χ3n) is 3.13. The number of aliphatic carboxylic acids is 1. The molecule has 0 fully saturated rings. The molecule has 2 aromatic rings. The van der Waals surface area contributed by atoms with E-state index in [-0.39, 0.29) is 16.5 Å². The van der Waals surface area contributed by atoms with Crippen LogP contribution in [0.5, 0.6) is 5.75 Å². The molecule has 2 aromatic carbocycles. The number of carboxylic acids is 1. The molecule has 8 heteroatoms. The van der Waals surface area contributed by atoms with Gasteiger partial charge in [-0.25, -0.2) is 4.79 Å². The summed E-state index contributed by atoms with van der Waals surface area (Å²) < 4.78 is 5.02. The number of allylic oxidation sites excluding steroid dienone is 1. The third kappa shape index (κ3) is 4.80. The number of non-ortho nitro benzene ring substituents is 1. The first-order chi connectivity index (χ1) is 11.9. The summed E-state index contributed by atoms with van der Waals surface area (Å²) in [5.41, 5.74) is 1.35. The van der Waals surface area contributed by atoms with E-state index in [1.807, 2.05) is 6.07 Å². The van der Waals surface area contributed by atoms with Crippen LogP contribution in [0, 0.1) is 21.4 Å². The van der Waals surface area contributed by atoms with Crippen LogP contribution in [0.2, 0.25) is 5.02 Å². The summed E-state index contributed by atoms with van der Waals surface area (Å²) in [6.45, 7) is -0.513. The molecule has 0 spiro atoms. The van der Waals surface area contributed by atoms with Crippen molar-refractivity contribution in [3.63, 3.8) is 0 Å². The van der Waals surface area contributed by atoms with Crippen molar-refractivity contribution in [1.29, 1.82) is 5.26 Å². The van der Waals surface area contributed by atoms with E-state index in [0.29, 0.717) is 16.7 Å². The van der Waals surface area contributed by atoms with Gasteiger partial charge < -0.3 is 9.84 Å². The number of nitriles is 1. The largest absolute Gasteiger partial charge is 0.480 e. The minimum atomic E-state index is -1.12. The number of carbonyl (C=O) groups is 1. The van der Waals surface area contributed by atoms with Crippen molar-refractivity contribution in [1.82, 2.24) is 0 Å². The molecule has 0 aliphatic heterocycles. The summed E-state index contributed by atoms with van der Waals surface area (Å²) in [5.74, 6) is -0.903. The second-order valence-corrected chi connectivity index (χ2v) is 5.25. The highest BCUT2D eigenvalue weighted by atomic mass is 35.5. The Morgan fingerprint density at radius 3 is 2.52 bits per heavy atom. The lowest BCUT2D eigenvalue weighted by Gasteiger charge is -2.06. The number of ether oxygens (including phenoxy) is 1. The number of nitrogens with zero attached hydrogens (tertiary/aromatic N) is 2. The molecule has 0 saturated carbocycles. The highest BCUT2D eigenvalue weighted by Gasteiger charge is 2.08. The van der Waals surface area contributed by atoms with Crippen LogP contribution in [0.25, 0.3) is 11.6 Å². The van der Waals surface area contributed by atoms with Crippen molar-refractivity contribution < 1.29 is 19.6 Å². The standard InChI is InChI=1S/C17H11ClN2O5/c18-15-8-11(1-6-16(15)25-10-17(21)22)7-13(9-19)12-2-4-14(5-3-12)20(23)24/h1-8H,10H2,(H,21,22)/b13-7+. The number of halogens is 1. The number of benzene rings is 2. The van der Waals surface area contributed by atoms with Crippen molar-refractivity contribution >= 4 is 34.9 Å². The molecule has 0 amide bonds. The fraction of sp³-hybridized carbons (Fsp3) is 0.0588. The maximum absolute atomic E-state index is 10.7. The summed E-state index contributed by atoms with van der Waals surface area (Å²) in [7, 11) is 0. The van der Waals surface area contributed by atoms with Crippen LogP contribution >= 0.6 is 11.6 Å². The molecule has 126 valence electrons. The van der Waals surface area contributed by atoms with Gasteiger partial charge in [0.1, 0.15) is 5.75 Å². The van der Waals surface area contributed by atoms with Gasteiger partial charge in [0.15, 0.2) is 6.61 Å². The van der Waals surface area contributed by atoms with Gasteiger partial charge in [-0.2, -0.15) is 5.26 Å². The Morgan fingerprint density at radius 1 is 1.32 bits per heavy atom. The van der Waals surface area contributed by atoms with E-state index in [2.05, 4.69) is 0 Å². The minimum absolute atomic E-state index is 0.0657. The molecule has 0 aliphatic rings. The average Bonchev–Trinajstić information content (AvgIpc) is 2.58. The number of carboxylic acid groups (broad SMARTS) is 1. The van der Waals surface area contributed by atoms with E-state index in [9.17, 15) is 20.2 Å². The first-order valence-electron chi connectivity index (χ1n) is 6.91. The van der Waals surface area contributed by atoms with Crippen molar-refractivity contribution in [2.45, 2.75) is 0 Å². The lowest BCUT2D eigenvalue weighted by atomic mass is 10.0. The molecule has 0 aromatic heterocycles. The second kappa shape index (κ2) is 7.95. The molecule has 0 atom stereocenters. The molecule has 0 heterocycles. The highest BCUT2D eigenvalue weighted by Crippen LogP contribution is 2.28. The quantitative estimate of drug-likeness (QED) is 0.364. The van der Waals surface area contributed by atoms with Crippen LogP contribution < -0.4 is 4.74 Å². The Hall–Kier alpha value is -3.37. The fourth-order valence-corrected chi connectivity index (χ4v) is 2.22. The van der Waals surface area contributed by atoms with Gasteiger partial charge in [0.2, 0.25) is 0 Å². The maximum atomic E-state index is 10.7.